The number of halogens is 3. The highest BCUT2D eigenvalue weighted by Gasteiger charge is 2.30. The molecule has 3 rings (SSSR count). The average molecular weight is 288 g/mol. The van der Waals surface area contributed by atoms with Gasteiger partial charge < -0.3 is 5.73 Å². The molecule has 5 heteroatoms. The zero-order valence-corrected chi connectivity index (χ0v) is 10.9. The fourth-order valence-corrected chi connectivity index (χ4v) is 2.20. The monoisotopic (exact) mass is 288 g/mol. The first kappa shape index (κ1) is 13.4. The molecule has 2 aromatic carbocycles. The highest BCUT2D eigenvalue weighted by atomic mass is 19.4. The molecule has 0 atom stereocenters. The third kappa shape index (κ3) is 2.54. The van der Waals surface area contributed by atoms with Crippen LogP contribution in [0.2, 0.25) is 0 Å². The van der Waals surface area contributed by atoms with Crippen LogP contribution < -0.4 is 5.73 Å². The molecule has 3 aromatic rings. The van der Waals surface area contributed by atoms with Crippen LogP contribution >= 0.6 is 0 Å². The van der Waals surface area contributed by atoms with Crippen LogP contribution in [0.15, 0.2) is 54.6 Å². The van der Waals surface area contributed by atoms with E-state index in [1.807, 2.05) is 30.3 Å². The van der Waals surface area contributed by atoms with Crippen molar-refractivity contribution in [2.75, 3.05) is 5.73 Å². The Balaban J connectivity index is 2.09. The summed E-state index contributed by atoms with van der Waals surface area (Å²) in [6, 6.07) is 14.2. The molecule has 0 unspecified atom stereocenters. The van der Waals surface area contributed by atoms with Gasteiger partial charge in [0.05, 0.1) is 11.1 Å². The van der Waals surface area contributed by atoms with Crippen LogP contribution in [-0.2, 0) is 6.18 Å². The molecule has 0 fully saturated rings. The third-order valence-corrected chi connectivity index (χ3v) is 3.28. The van der Waals surface area contributed by atoms with Gasteiger partial charge in [0.1, 0.15) is 5.82 Å². The number of hydrogen-bond donors (Lipinski definition) is 1. The summed E-state index contributed by atoms with van der Waals surface area (Å²) in [4.78, 5) is 4.28. The van der Waals surface area contributed by atoms with Crippen molar-refractivity contribution in [3.63, 3.8) is 0 Å². The first-order chi connectivity index (χ1) is 9.95. The lowest BCUT2D eigenvalue weighted by atomic mass is 10.0. The van der Waals surface area contributed by atoms with Crippen LogP contribution in [-0.4, -0.2) is 4.98 Å². The standard InChI is InChI=1S/C16H11F3N2/c17-16(18,19)12-7-5-10(6-8-12)13-9-11-3-1-2-4-14(11)21-15(13)20/h1-9H,(H2,20,21). The Morgan fingerprint density at radius 2 is 1.57 bits per heavy atom. The molecule has 0 aliphatic rings. The fraction of sp³-hybridized carbons (Fsp3) is 0.0625. The second-order valence-corrected chi connectivity index (χ2v) is 4.69. The Bertz CT molecular complexity index is 793. The summed E-state index contributed by atoms with van der Waals surface area (Å²) in [5, 5.41) is 0.890. The van der Waals surface area contributed by atoms with Crippen molar-refractivity contribution in [1.29, 1.82) is 0 Å². The van der Waals surface area contributed by atoms with Crippen molar-refractivity contribution in [1.82, 2.24) is 4.98 Å². The Hall–Kier alpha value is -2.56. The normalized spacial score (nSPS) is 11.8. The molecule has 2 nitrogen and oxygen atoms in total. The molecule has 106 valence electrons. The molecule has 0 saturated heterocycles. The molecule has 0 radical (unpaired) electrons. The van der Waals surface area contributed by atoms with Crippen molar-refractivity contribution in [2.45, 2.75) is 6.18 Å². The highest BCUT2D eigenvalue weighted by Crippen LogP contribution is 2.33. The molecule has 0 saturated carbocycles. The molecule has 1 heterocycles. The van der Waals surface area contributed by atoms with E-state index in [-0.39, 0.29) is 0 Å². The minimum atomic E-state index is -4.34. The highest BCUT2D eigenvalue weighted by molar-refractivity contribution is 5.88. The van der Waals surface area contributed by atoms with Gasteiger partial charge in [-0.15, -0.1) is 0 Å². The number of nitrogens with zero attached hydrogens (tertiary/aromatic N) is 1. The molecule has 0 amide bonds. The van der Waals surface area contributed by atoms with Crippen molar-refractivity contribution < 1.29 is 13.2 Å². The fourth-order valence-electron chi connectivity index (χ4n) is 2.20. The molecule has 0 aliphatic heterocycles. The van der Waals surface area contributed by atoms with Crippen LogP contribution in [0.5, 0.6) is 0 Å². The van der Waals surface area contributed by atoms with Crippen molar-refractivity contribution in [3.05, 3.63) is 60.2 Å². The second-order valence-electron chi connectivity index (χ2n) is 4.69. The number of alkyl halides is 3. The van der Waals surface area contributed by atoms with Crippen LogP contribution in [0.25, 0.3) is 22.0 Å². The van der Waals surface area contributed by atoms with E-state index < -0.39 is 11.7 Å². The first-order valence-corrected chi connectivity index (χ1v) is 6.28. The number of fused-ring (bicyclic) bond motifs is 1. The number of pyridine rings is 1. The quantitative estimate of drug-likeness (QED) is 0.716. The number of benzene rings is 2. The van der Waals surface area contributed by atoms with Crippen molar-refractivity contribution in [3.8, 4) is 11.1 Å². The number of nitrogens with two attached hydrogens (primary N) is 1. The molecule has 0 aliphatic carbocycles. The summed E-state index contributed by atoms with van der Waals surface area (Å²) >= 11 is 0. The Labute approximate surface area is 119 Å². The molecule has 0 bridgehead atoms. The van der Waals surface area contributed by atoms with E-state index in [1.54, 1.807) is 0 Å². The number of aromatic nitrogens is 1. The zero-order chi connectivity index (χ0) is 15.0. The van der Waals surface area contributed by atoms with Gasteiger partial charge in [0.15, 0.2) is 0 Å². The van der Waals surface area contributed by atoms with E-state index in [9.17, 15) is 13.2 Å². The lowest BCUT2D eigenvalue weighted by Crippen LogP contribution is -2.04. The van der Waals surface area contributed by atoms with Crippen LogP contribution in [0, 0.1) is 0 Å². The van der Waals surface area contributed by atoms with Gasteiger partial charge in [0.25, 0.3) is 0 Å². The Morgan fingerprint density at radius 3 is 2.24 bits per heavy atom. The van der Waals surface area contributed by atoms with Crippen molar-refractivity contribution >= 4 is 16.7 Å². The summed E-state index contributed by atoms with van der Waals surface area (Å²) in [7, 11) is 0. The van der Waals surface area contributed by atoms with Crippen molar-refractivity contribution in [2.24, 2.45) is 0 Å². The maximum absolute atomic E-state index is 12.6. The number of rotatable bonds is 1. The minimum Gasteiger partial charge on any atom is -0.383 e. The van der Waals surface area contributed by atoms with Gasteiger partial charge in [-0.3, -0.25) is 0 Å². The molecular weight excluding hydrogens is 277 g/mol. The summed E-state index contributed by atoms with van der Waals surface area (Å²) in [5.41, 5.74) is 7.22. The van der Waals surface area contributed by atoms with Gasteiger partial charge in [-0.25, -0.2) is 4.98 Å². The maximum Gasteiger partial charge on any atom is 0.416 e. The summed E-state index contributed by atoms with van der Waals surface area (Å²) in [5.74, 6) is 0.299. The molecular formula is C16H11F3N2. The van der Waals surface area contributed by atoms with Gasteiger partial charge in [-0.1, -0.05) is 30.3 Å². The lowest BCUT2D eigenvalue weighted by molar-refractivity contribution is -0.137. The topological polar surface area (TPSA) is 38.9 Å². The number of hydrogen-bond acceptors (Lipinski definition) is 2. The van der Waals surface area contributed by atoms with E-state index in [0.717, 1.165) is 23.0 Å². The molecule has 21 heavy (non-hydrogen) atoms. The Morgan fingerprint density at radius 1 is 0.905 bits per heavy atom. The number of nitrogen functional groups attached to an aromatic ring is 1. The summed E-state index contributed by atoms with van der Waals surface area (Å²) in [6.07, 6.45) is -4.34. The summed E-state index contributed by atoms with van der Waals surface area (Å²) in [6.45, 7) is 0. The largest absolute Gasteiger partial charge is 0.416 e. The van der Waals surface area contributed by atoms with Crippen LogP contribution in [0.1, 0.15) is 5.56 Å². The minimum absolute atomic E-state index is 0.299. The van der Waals surface area contributed by atoms with E-state index >= 15 is 0 Å². The molecule has 2 N–H and O–H groups in total. The van der Waals surface area contributed by atoms with Gasteiger partial charge >= 0.3 is 6.18 Å². The summed E-state index contributed by atoms with van der Waals surface area (Å²) < 4.78 is 37.7. The third-order valence-electron chi connectivity index (χ3n) is 3.28. The average Bonchev–Trinajstić information content (AvgIpc) is 2.46. The van der Waals surface area contributed by atoms with E-state index in [4.69, 9.17) is 5.73 Å². The SMILES string of the molecule is Nc1nc2ccccc2cc1-c1ccc(C(F)(F)F)cc1. The van der Waals surface area contributed by atoms with Gasteiger partial charge in [-0.2, -0.15) is 13.2 Å². The lowest BCUT2D eigenvalue weighted by Gasteiger charge is -2.10. The molecule has 0 spiro atoms. The number of anilines is 1. The maximum atomic E-state index is 12.6. The van der Waals surface area contributed by atoms with Gasteiger partial charge in [-0.05, 0) is 29.8 Å². The van der Waals surface area contributed by atoms with E-state index in [0.29, 0.717) is 16.9 Å². The second kappa shape index (κ2) is 4.77. The van der Waals surface area contributed by atoms with Crippen LogP contribution in [0.3, 0.4) is 0 Å². The van der Waals surface area contributed by atoms with Gasteiger partial charge in [0, 0.05) is 10.9 Å². The van der Waals surface area contributed by atoms with Gasteiger partial charge in [0.2, 0.25) is 0 Å². The smallest absolute Gasteiger partial charge is 0.383 e. The zero-order valence-electron chi connectivity index (χ0n) is 10.9. The Kier molecular flexibility index (Phi) is 3.05. The predicted octanol–water partition coefficient (Wildman–Crippen LogP) is 4.50. The number of para-hydroxylation sites is 1. The van der Waals surface area contributed by atoms with E-state index in [1.165, 1.54) is 12.1 Å². The van der Waals surface area contributed by atoms with E-state index in [2.05, 4.69) is 4.98 Å². The predicted molar refractivity (Wildman–Crippen MR) is 76.6 cm³/mol. The molecule has 1 aromatic heterocycles. The first-order valence-electron chi connectivity index (χ1n) is 6.28. The van der Waals surface area contributed by atoms with Crippen LogP contribution in [0.4, 0.5) is 19.0 Å².